The summed E-state index contributed by atoms with van der Waals surface area (Å²) < 4.78 is 11.3. The Morgan fingerprint density at radius 3 is 2.75 bits per heavy atom. The fourth-order valence-electron chi connectivity index (χ4n) is 2.53. The lowest BCUT2D eigenvalue weighted by molar-refractivity contribution is -0.345. The smallest absolute Gasteiger partial charge is 0.306 e. The number of carboxylic acids is 1. The maximum Gasteiger partial charge on any atom is 0.306 e. The number of hydrogen-bond acceptors (Lipinski definition) is 4. The zero-order valence-electron chi connectivity index (χ0n) is 9.60. The minimum Gasteiger partial charge on any atom is -0.481 e. The Morgan fingerprint density at radius 2 is 2.19 bits per heavy atom. The molecule has 2 heterocycles. The quantitative estimate of drug-likeness (QED) is 0.753. The van der Waals surface area contributed by atoms with Crippen molar-refractivity contribution in [2.24, 2.45) is 0 Å². The SMILES string of the molecule is CCC1(C)OC(CC(=O)O)C2(O)CCC1O2. The van der Waals surface area contributed by atoms with E-state index in [4.69, 9.17) is 14.6 Å². The second-order valence-corrected chi connectivity index (χ2v) is 4.86. The van der Waals surface area contributed by atoms with Crippen molar-refractivity contribution in [3.05, 3.63) is 0 Å². The number of ether oxygens (including phenoxy) is 2. The number of aliphatic carboxylic acids is 1. The van der Waals surface area contributed by atoms with Crippen molar-refractivity contribution in [1.82, 2.24) is 0 Å². The van der Waals surface area contributed by atoms with E-state index in [0.717, 1.165) is 12.8 Å². The largest absolute Gasteiger partial charge is 0.481 e. The number of carbonyl (C=O) groups is 1. The predicted octanol–water partition coefficient (Wildman–Crippen LogP) is 0.896. The molecule has 5 nitrogen and oxygen atoms in total. The second-order valence-electron chi connectivity index (χ2n) is 4.86. The molecule has 16 heavy (non-hydrogen) atoms. The summed E-state index contributed by atoms with van der Waals surface area (Å²) in [4.78, 5) is 10.7. The average molecular weight is 230 g/mol. The lowest BCUT2D eigenvalue weighted by Crippen LogP contribution is -2.58. The van der Waals surface area contributed by atoms with Crippen LogP contribution in [0, 0.1) is 0 Å². The summed E-state index contributed by atoms with van der Waals surface area (Å²) in [6.07, 6.45) is 0.784. The number of hydrogen-bond donors (Lipinski definition) is 2. The summed E-state index contributed by atoms with van der Waals surface area (Å²) in [5, 5.41) is 19.0. The Kier molecular flexibility index (Phi) is 2.72. The van der Waals surface area contributed by atoms with Crippen LogP contribution >= 0.6 is 0 Å². The van der Waals surface area contributed by atoms with Gasteiger partial charge in [0.25, 0.3) is 0 Å². The zero-order chi connectivity index (χ0) is 12.0. The van der Waals surface area contributed by atoms with Gasteiger partial charge in [0.2, 0.25) is 0 Å². The fourth-order valence-corrected chi connectivity index (χ4v) is 2.53. The number of fused-ring (bicyclic) bond motifs is 2. The molecule has 2 aliphatic heterocycles. The lowest BCUT2D eigenvalue weighted by atomic mass is 9.94. The topological polar surface area (TPSA) is 76.0 Å². The van der Waals surface area contributed by atoms with Crippen molar-refractivity contribution in [3.63, 3.8) is 0 Å². The maximum atomic E-state index is 10.7. The summed E-state index contributed by atoms with van der Waals surface area (Å²) >= 11 is 0. The number of rotatable bonds is 3. The van der Waals surface area contributed by atoms with Crippen LogP contribution in [0.15, 0.2) is 0 Å². The van der Waals surface area contributed by atoms with E-state index < -0.39 is 23.5 Å². The molecular formula is C11H18O5. The third-order valence-electron chi connectivity index (χ3n) is 3.77. The normalized spacial score (nSPS) is 46.9. The van der Waals surface area contributed by atoms with Crippen molar-refractivity contribution >= 4 is 5.97 Å². The molecule has 2 saturated heterocycles. The van der Waals surface area contributed by atoms with Gasteiger partial charge in [-0.2, -0.15) is 0 Å². The first kappa shape index (κ1) is 11.8. The van der Waals surface area contributed by atoms with Crippen molar-refractivity contribution in [2.75, 3.05) is 0 Å². The second kappa shape index (κ2) is 3.68. The highest BCUT2D eigenvalue weighted by molar-refractivity contribution is 5.67. The van der Waals surface area contributed by atoms with Gasteiger partial charge in [0.05, 0.1) is 18.1 Å². The molecule has 2 fully saturated rings. The van der Waals surface area contributed by atoms with E-state index in [-0.39, 0.29) is 12.5 Å². The van der Waals surface area contributed by atoms with Gasteiger partial charge in [0, 0.05) is 6.42 Å². The highest BCUT2D eigenvalue weighted by atomic mass is 16.7. The van der Waals surface area contributed by atoms with Crippen LogP contribution < -0.4 is 0 Å². The van der Waals surface area contributed by atoms with Crippen LogP contribution in [0.4, 0.5) is 0 Å². The average Bonchev–Trinajstić information content (AvgIpc) is 2.57. The van der Waals surface area contributed by atoms with E-state index >= 15 is 0 Å². The fraction of sp³-hybridized carbons (Fsp3) is 0.909. The van der Waals surface area contributed by atoms with Gasteiger partial charge in [0.1, 0.15) is 6.10 Å². The summed E-state index contributed by atoms with van der Waals surface area (Å²) in [5.74, 6) is -2.39. The van der Waals surface area contributed by atoms with Gasteiger partial charge in [-0.15, -0.1) is 0 Å². The highest BCUT2D eigenvalue weighted by Gasteiger charge is 2.58. The standard InChI is InChI=1S/C11H18O5/c1-3-10(2)7-4-5-11(14,16-7)8(15-10)6-9(12)13/h7-8,14H,3-6H2,1-2H3,(H,12,13). The Balaban J connectivity index is 2.21. The van der Waals surface area contributed by atoms with Crippen molar-refractivity contribution < 1.29 is 24.5 Å². The van der Waals surface area contributed by atoms with E-state index in [1.165, 1.54) is 0 Å². The summed E-state index contributed by atoms with van der Waals surface area (Å²) in [6, 6.07) is 0. The molecule has 4 atom stereocenters. The third kappa shape index (κ3) is 1.73. The van der Waals surface area contributed by atoms with Crippen LogP contribution in [-0.2, 0) is 14.3 Å². The van der Waals surface area contributed by atoms with E-state index in [1.807, 2.05) is 13.8 Å². The first-order valence-corrected chi connectivity index (χ1v) is 5.69. The molecular weight excluding hydrogens is 212 g/mol. The molecule has 2 aliphatic rings. The molecule has 0 amide bonds. The molecule has 5 heteroatoms. The van der Waals surface area contributed by atoms with Crippen LogP contribution in [0.5, 0.6) is 0 Å². The molecule has 92 valence electrons. The van der Waals surface area contributed by atoms with Crippen molar-refractivity contribution in [3.8, 4) is 0 Å². The number of aliphatic hydroxyl groups is 1. The van der Waals surface area contributed by atoms with E-state index in [1.54, 1.807) is 0 Å². The van der Waals surface area contributed by atoms with Crippen molar-refractivity contribution in [1.29, 1.82) is 0 Å². The van der Waals surface area contributed by atoms with Gasteiger partial charge < -0.3 is 19.7 Å². The third-order valence-corrected chi connectivity index (χ3v) is 3.77. The van der Waals surface area contributed by atoms with Crippen LogP contribution in [0.1, 0.15) is 39.5 Å². The Hall–Kier alpha value is -0.650. The maximum absolute atomic E-state index is 10.7. The van der Waals surface area contributed by atoms with Gasteiger partial charge in [-0.05, 0) is 19.8 Å². The molecule has 2 N–H and O–H groups in total. The summed E-state index contributed by atoms with van der Waals surface area (Å²) in [7, 11) is 0. The van der Waals surface area contributed by atoms with Gasteiger partial charge in [-0.1, -0.05) is 6.92 Å². The summed E-state index contributed by atoms with van der Waals surface area (Å²) in [6.45, 7) is 3.89. The van der Waals surface area contributed by atoms with Crippen LogP contribution in [0.3, 0.4) is 0 Å². The predicted molar refractivity (Wildman–Crippen MR) is 54.9 cm³/mol. The van der Waals surface area contributed by atoms with E-state index in [9.17, 15) is 9.90 Å². The molecule has 0 spiro atoms. The Labute approximate surface area is 94.4 Å². The summed E-state index contributed by atoms with van der Waals surface area (Å²) in [5.41, 5.74) is -0.483. The highest BCUT2D eigenvalue weighted by Crippen LogP contribution is 2.46. The van der Waals surface area contributed by atoms with Crippen LogP contribution in [-0.4, -0.2) is 39.8 Å². The molecule has 0 aromatic carbocycles. The molecule has 0 radical (unpaired) electrons. The molecule has 0 aromatic heterocycles. The van der Waals surface area contributed by atoms with Crippen molar-refractivity contribution in [2.45, 2.75) is 63.1 Å². The minimum atomic E-state index is -1.41. The molecule has 4 unspecified atom stereocenters. The monoisotopic (exact) mass is 230 g/mol. The van der Waals surface area contributed by atoms with E-state index in [2.05, 4.69) is 0 Å². The van der Waals surface area contributed by atoms with Gasteiger partial charge >= 0.3 is 5.97 Å². The molecule has 0 aliphatic carbocycles. The first-order chi connectivity index (χ1) is 7.39. The molecule has 2 bridgehead atoms. The van der Waals surface area contributed by atoms with Gasteiger partial charge in [-0.25, -0.2) is 0 Å². The lowest BCUT2D eigenvalue weighted by Gasteiger charge is -2.46. The number of carboxylic acid groups (broad SMARTS) is 1. The molecule has 2 rings (SSSR count). The van der Waals surface area contributed by atoms with E-state index in [0.29, 0.717) is 6.42 Å². The molecule has 0 aromatic rings. The molecule has 0 saturated carbocycles. The van der Waals surface area contributed by atoms with Gasteiger partial charge in [-0.3, -0.25) is 4.79 Å². The first-order valence-electron chi connectivity index (χ1n) is 5.69. The zero-order valence-corrected chi connectivity index (χ0v) is 9.60. The Bertz CT molecular complexity index is 305. The Morgan fingerprint density at radius 1 is 1.50 bits per heavy atom. The van der Waals surface area contributed by atoms with Crippen LogP contribution in [0.25, 0.3) is 0 Å². The minimum absolute atomic E-state index is 0.132. The van der Waals surface area contributed by atoms with Gasteiger partial charge in [0.15, 0.2) is 5.79 Å². The van der Waals surface area contributed by atoms with Crippen LogP contribution in [0.2, 0.25) is 0 Å².